The van der Waals surface area contributed by atoms with Crippen LogP contribution < -0.4 is 0 Å². The predicted molar refractivity (Wildman–Crippen MR) is 75.5 cm³/mol. The Morgan fingerprint density at radius 1 is 1.35 bits per heavy atom. The quantitative estimate of drug-likeness (QED) is 0.770. The fourth-order valence-electron chi connectivity index (χ4n) is 0.816. The maximum Gasteiger partial charge on any atom is 0.303 e. The third kappa shape index (κ3) is 7.23. The van der Waals surface area contributed by atoms with Crippen LogP contribution in [0, 0.1) is 5.41 Å². The van der Waals surface area contributed by atoms with E-state index in [9.17, 15) is 9.59 Å². The number of carbonyl (C=O) groups excluding carboxylic acids is 1. The number of aliphatic hydroxyl groups is 1. The van der Waals surface area contributed by atoms with Gasteiger partial charge in [-0.3, -0.25) is 9.59 Å². The van der Waals surface area contributed by atoms with Gasteiger partial charge < -0.3 is 10.2 Å². The van der Waals surface area contributed by atoms with Crippen LogP contribution in [0.1, 0.15) is 20.3 Å². The SMILES string of the molecule is CC1(C(=O)SCCO)CSSC1.CCC(=O)O. The number of aliphatic carboxylic acids is 1. The molecule has 1 rings (SSSR count). The number of rotatable bonds is 4. The summed E-state index contributed by atoms with van der Waals surface area (Å²) in [5.74, 6) is 1.61. The van der Waals surface area contributed by atoms with Crippen molar-refractivity contribution in [1.82, 2.24) is 0 Å². The van der Waals surface area contributed by atoms with Crippen molar-refractivity contribution in [1.29, 1.82) is 0 Å². The maximum atomic E-state index is 11.6. The van der Waals surface area contributed by atoms with Crippen molar-refractivity contribution in [3.63, 3.8) is 0 Å². The second-order valence-corrected chi connectivity index (χ2v) is 7.22. The lowest BCUT2D eigenvalue weighted by molar-refractivity contribution is -0.136. The summed E-state index contributed by atoms with van der Waals surface area (Å²) >= 11 is 1.26. The number of carbonyl (C=O) groups is 2. The van der Waals surface area contributed by atoms with Gasteiger partial charge in [0.15, 0.2) is 5.12 Å². The van der Waals surface area contributed by atoms with E-state index in [0.717, 1.165) is 11.5 Å². The molecule has 1 fully saturated rings. The molecule has 1 aliphatic heterocycles. The van der Waals surface area contributed by atoms with Crippen LogP contribution in [-0.2, 0) is 9.59 Å². The molecular weight excluding hydrogens is 280 g/mol. The highest BCUT2D eigenvalue weighted by molar-refractivity contribution is 8.77. The number of carboxylic acids is 1. The second kappa shape index (κ2) is 9.13. The maximum absolute atomic E-state index is 11.6. The zero-order valence-corrected chi connectivity index (χ0v) is 12.4. The lowest BCUT2D eigenvalue weighted by Gasteiger charge is -2.18. The van der Waals surface area contributed by atoms with Crippen molar-refractivity contribution in [2.75, 3.05) is 23.9 Å². The second-order valence-electron chi connectivity index (χ2n) is 3.69. The van der Waals surface area contributed by atoms with Gasteiger partial charge in [-0.1, -0.05) is 47.2 Å². The molecule has 2 N–H and O–H groups in total. The van der Waals surface area contributed by atoms with Gasteiger partial charge in [-0.25, -0.2) is 0 Å². The topological polar surface area (TPSA) is 74.6 Å². The van der Waals surface area contributed by atoms with Crippen LogP contribution in [0.15, 0.2) is 0 Å². The summed E-state index contributed by atoms with van der Waals surface area (Å²) in [5, 5.41) is 16.5. The van der Waals surface area contributed by atoms with E-state index in [1.165, 1.54) is 11.8 Å². The van der Waals surface area contributed by atoms with E-state index in [0.29, 0.717) is 5.75 Å². The highest BCUT2D eigenvalue weighted by Gasteiger charge is 2.37. The molecular formula is C10H18O4S3. The van der Waals surface area contributed by atoms with Gasteiger partial charge in [-0.2, -0.15) is 0 Å². The summed E-state index contributed by atoms with van der Waals surface area (Å²) < 4.78 is 0. The lowest BCUT2D eigenvalue weighted by atomic mass is 9.98. The number of hydrogen-bond donors (Lipinski definition) is 2. The van der Waals surface area contributed by atoms with Crippen LogP contribution in [0.2, 0.25) is 0 Å². The Morgan fingerprint density at radius 3 is 2.18 bits per heavy atom. The van der Waals surface area contributed by atoms with Crippen LogP contribution in [0.4, 0.5) is 0 Å². The molecule has 1 aliphatic rings. The number of carboxylic acid groups (broad SMARTS) is 1. The van der Waals surface area contributed by atoms with Crippen molar-refractivity contribution < 1.29 is 19.8 Å². The summed E-state index contributed by atoms with van der Waals surface area (Å²) in [7, 11) is 3.53. The van der Waals surface area contributed by atoms with E-state index in [2.05, 4.69) is 0 Å². The molecule has 1 saturated heterocycles. The van der Waals surface area contributed by atoms with Crippen LogP contribution >= 0.6 is 33.3 Å². The normalized spacial score (nSPS) is 17.1. The largest absolute Gasteiger partial charge is 0.481 e. The van der Waals surface area contributed by atoms with Crippen LogP contribution in [0.3, 0.4) is 0 Å². The summed E-state index contributed by atoms with van der Waals surface area (Å²) in [6.45, 7) is 3.70. The van der Waals surface area contributed by atoms with Gasteiger partial charge in [-0.05, 0) is 0 Å². The van der Waals surface area contributed by atoms with Crippen molar-refractivity contribution in [2.24, 2.45) is 5.41 Å². The summed E-state index contributed by atoms with van der Waals surface area (Å²) in [6.07, 6.45) is 0.222. The highest BCUT2D eigenvalue weighted by Crippen LogP contribution is 2.45. The first-order valence-corrected chi connectivity index (χ1v) is 8.68. The highest BCUT2D eigenvalue weighted by atomic mass is 33.1. The van der Waals surface area contributed by atoms with Crippen LogP contribution in [-0.4, -0.2) is 45.2 Å². The molecule has 0 aromatic carbocycles. The van der Waals surface area contributed by atoms with E-state index >= 15 is 0 Å². The van der Waals surface area contributed by atoms with E-state index in [-0.39, 0.29) is 23.6 Å². The first-order valence-electron chi connectivity index (χ1n) is 5.20. The molecule has 0 saturated carbocycles. The first kappa shape index (κ1) is 17.2. The molecule has 0 unspecified atom stereocenters. The molecule has 7 heteroatoms. The third-order valence-corrected chi connectivity index (χ3v) is 5.98. The number of thioether (sulfide) groups is 1. The Bertz CT molecular complexity index is 252. The Labute approximate surface area is 114 Å². The molecule has 0 aromatic rings. The van der Waals surface area contributed by atoms with Gasteiger partial charge in [0, 0.05) is 23.7 Å². The number of aliphatic hydroxyl groups excluding tert-OH is 1. The first-order chi connectivity index (χ1) is 7.96. The Balaban J connectivity index is 0.000000437. The molecule has 4 nitrogen and oxygen atoms in total. The van der Waals surface area contributed by atoms with E-state index < -0.39 is 5.97 Å². The lowest BCUT2D eigenvalue weighted by Crippen LogP contribution is -2.27. The molecule has 1 heterocycles. The van der Waals surface area contributed by atoms with Gasteiger partial charge in [0.2, 0.25) is 0 Å². The van der Waals surface area contributed by atoms with Gasteiger partial charge in [-0.15, -0.1) is 0 Å². The minimum Gasteiger partial charge on any atom is -0.481 e. The summed E-state index contributed by atoms with van der Waals surface area (Å²) in [6, 6.07) is 0. The van der Waals surface area contributed by atoms with Crippen LogP contribution in [0.25, 0.3) is 0 Å². The fourth-order valence-corrected chi connectivity index (χ4v) is 5.11. The molecule has 17 heavy (non-hydrogen) atoms. The average Bonchev–Trinajstić information content (AvgIpc) is 2.75. The van der Waals surface area contributed by atoms with Crippen molar-refractivity contribution in [2.45, 2.75) is 20.3 Å². The number of hydrogen-bond acceptors (Lipinski definition) is 6. The van der Waals surface area contributed by atoms with Gasteiger partial charge >= 0.3 is 5.97 Å². The van der Waals surface area contributed by atoms with E-state index in [1.807, 2.05) is 6.92 Å². The molecule has 0 amide bonds. The van der Waals surface area contributed by atoms with Crippen LogP contribution in [0.5, 0.6) is 0 Å². The standard InChI is InChI=1S/C7H12O2S3.C3H6O2/c1-7(4-11-12-5-7)6(9)10-3-2-8;1-2-3(4)5/h8H,2-5H2,1H3;2H2,1H3,(H,4,5). The van der Waals surface area contributed by atoms with Gasteiger partial charge in [0.05, 0.1) is 12.0 Å². The van der Waals surface area contributed by atoms with Crippen molar-refractivity contribution in [3.05, 3.63) is 0 Å². The molecule has 0 spiro atoms. The minimum absolute atomic E-state index is 0.0901. The Kier molecular flexibility index (Phi) is 9.21. The molecule has 0 aromatic heterocycles. The van der Waals surface area contributed by atoms with Gasteiger partial charge in [0.1, 0.15) is 0 Å². The zero-order chi connectivity index (χ0) is 13.3. The molecule has 0 atom stereocenters. The molecule has 100 valence electrons. The molecule has 0 radical (unpaired) electrons. The molecule has 0 aliphatic carbocycles. The average molecular weight is 298 g/mol. The summed E-state index contributed by atoms with van der Waals surface area (Å²) in [5.41, 5.74) is -0.158. The Morgan fingerprint density at radius 2 is 1.82 bits per heavy atom. The van der Waals surface area contributed by atoms with Crippen molar-refractivity contribution >= 4 is 44.4 Å². The third-order valence-electron chi connectivity index (χ3n) is 1.96. The Hall–Kier alpha value is 0.150. The minimum atomic E-state index is -0.745. The smallest absolute Gasteiger partial charge is 0.303 e. The van der Waals surface area contributed by atoms with Gasteiger partial charge in [0.25, 0.3) is 0 Å². The van der Waals surface area contributed by atoms with E-state index in [1.54, 1.807) is 28.5 Å². The van der Waals surface area contributed by atoms with E-state index in [4.69, 9.17) is 10.2 Å². The fraction of sp³-hybridized carbons (Fsp3) is 0.800. The summed E-state index contributed by atoms with van der Waals surface area (Å²) in [4.78, 5) is 20.9. The zero-order valence-electron chi connectivity index (χ0n) is 9.97. The van der Waals surface area contributed by atoms with Crippen molar-refractivity contribution in [3.8, 4) is 0 Å². The molecule has 0 bridgehead atoms. The predicted octanol–water partition coefficient (Wildman–Crippen LogP) is 2.12. The monoisotopic (exact) mass is 298 g/mol.